The van der Waals surface area contributed by atoms with E-state index in [2.05, 4.69) is 20.8 Å². The number of nitrogens with one attached hydrogen (secondary N) is 2. The van der Waals surface area contributed by atoms with Gasteiger partial charge in [-0.2, -0.15) is 4.98 Å². The predicted octanol–water partition coefficient (Wildman–Crippen LogP) is 3.34. The number of hydrogen-bond donors (Lipinski definition) is 2. The Bertz CT molecular complexity index is 989. The summed E-state index contributed by atoms with van der Waals surface area (Å²) >= 11 is 0. The molecule has 0 aliphatic heterocycles. The quantitative estimate of drug-likeness (QED) is 0.445. The first-order valence-electron chi connectivity index (χ1n) is 9.16. The highest BCUT2D eigenvalue weighted by Gasteiger charge is 2.12. The number of aryl methyl sites for hydroxylation is 1. The van der Waals surface area contributed by atoms with E-state index in [1.54, 1.807) is 56.4 Å². The predicted molar refractivity (Wildman–Crippen MR) is 110 cm³/mol. The van der Waals surface area contributed by atoms with Gasteiger partial charge in [0.05, 0.1) is 10.5 Å². The van der Waals surface area contributed by atoms with Gasteiger partial charge in [0, 0.05) is 26.6 Å². The van der Waals surface area contributed by atoms with Gasteiger partial charge < -0.3 is 19.9 Å². The fourth-order valence-corrected chi connectivity index (χ4v) is 2.43. The summed E-state index contributed by atoms with van der Waals surface area (Å²) in [5, 5.41) is 19.6. The Labute approximate surface area is 173 Å². The normalized spacial score (nSPS) is 9.83. The van der Waals surface area contributed by atoms with E-state index in [0.29, 0.717) is 35.3 Å². The molecule has 0 aliphatic carbocycles. The van der Waals surface area contributed by atoms with Gasteiger partial charge in [-0.1, -0.05) is 29.4 Å². The number of anilines is 1. The van der Waals surface area contributed by atoms with Crippen LogP contribution in [0.5, 0.6) is 5.75 Å². The smallest absolute Gasteiger partial charge is 0.292 e. The molecule has 1 heterocycles. The van der Waals surface area contributed by atoms with Crippen molar-refractivity contribution in [1.29, 1.82) is 0 Å². The number of benzene rings is 2. The first-order valence-corrected chi connectivity index (χ1v) is 9.16. The molecule has 0 spiro atoms. The molecule has 0 saturated carbocycles. The summed E-state index contributed by atoms with van der Waals surface area (Å²) in [4.78, 5) is 25.7. The van der Waals surface area contributed by atoms with E-state index in [1.165, 1.54) is 6.07 Å². The zero-order valence-corrected chi connectivity index (χ0v) is 16.9. The minimum Gasteiger partial charge on any atom is -0.485 e. The van der Waals surface area contributed by atoms with Gasteiger partial charge in [0.1, 0.15) is 11.4 Å². The summed E-state index contributed by atoms with van der Waals surface area (Å²) in [5.41, 5.74) is 1.17. The molecule has 0 bridgehead atoms. The lowest BCUT2D eigenvalue weighted by molar-refractivity contribution is -0.384. The van der Waals surface area contributed by atoms with Gasteiger partial charge in [-0.05, 0) is 25.1 Å². The summed E-state index contributed by atoms with van der Waals surface area (Å²) in [6.07, 6.45) is 0. The third kappa shape index (κ3) is 6.30. The van der Waals surface area contributed by atoms with Crippen molar-refractivity contribution in [3.8, 4) is 5.75 Å². The first-order chi connectivity index (χ1) is 14.5. The molecule has 10 heteroatoms. The molecule has 3 rings (SSSR count). The van der Waals surface area contributed by atoms with E-state index in [9.17, 15) is 14.9 Å². The first kappa shape index (κ1) is 22.3. The lowest BCUT2D eigenvalue weighted by Crippen LogP contribution is -2.18. The molecule has 0 fully saturated rings. The maximum absolute atomic E-state index is 11.6. The van der Waals surface area contributed by atoms with Crippen LogP contribution in [0, 0.1) is 17.0 Å². The zero-order valence-electron chi connectivity index (χ0n) is 16.9. The van der Waals surface area contributed by atoms with Gasteiger partial charge in [0.2, 0.25) is 11.7 Å². The maximum atomic E-state index is 11.6. The summed E-state index contributed by atoms with van der Waals surface area (Å²) in [6.45, 7) is 4.45. The number of ether oxygens (including phenoxy) is 1. The number of amides is 1. The molecule has 1 aromatic heterocycles. The van der Waals surface area contributed by atoms with Gasteiger partial charge in [-0.25, -0.2) is 0 Å². The third-order valence-electron chi connectivity index (χ3n) is 3.75. The monoisotopic (exact) mass is 413 g/mol. The van der Waals surface area contributed by atoms with Crippen LogP contribution >= 0.6 is 0 Å². The minimum absolute atomic E-state index is 0.124. The number of carbonyl (C=O) groups excluding carboxylic acids is 1. The van der Waals surface area contributed by atoms with Gasteiger partial charge in [0.15, 0.2) is 6.61 Å². The minimum atomic E-state index is -0.391. The van der Waals surface area contributed by atoms with E-state index < -0.39 is 4.92 Å². The molecule has 0 saturated heterocycles. The Morgan fingerprint density at radius 2 is 1.90 bits per heavy atom. The number of aromatic nitrogens is 2. The van der Waals surface area contributed by atoms with Crippen molar-refractivity contribution in [2.45, 2.75) is 20.5 Å². The van der Waals surface area contributed by atoms with Crippen LogP contribution < -0.4 is 15.4 Å². The number of hydrogen-bond acceptors (Lipinski definition) is 8. The second-order valence-corrected chi connectivity index (χ2v) is 5.90. The fourth-order valence-electron chi connectivity index (χ4n) is 2.43. The Morgan fingerprint density at radius 3 is 2.53 bits per heavy atom. The van der Waals surface area contributed by atoms with Crippen LogP contribution in [0.1, 0.15) is 29.0 Å². The number of nitro groups is 1. The average Bonchev–Trinajstić information content (AvgIpc) is 3.18. The SMILES string of the molecule is CCNc1ccccc1[N+](=O)[O-].CNC(=O)c1ccccc1OCc1noc(C)n1. The summed E-state index contributed by atoms with van der Waals surface area (Å²) < 4.78 is 10.3. The van der Waals surface area contributed by atoms with Gasteiger partial charge in [-0.15, -0.1) is 0 Å². The van der Waals surface area contributed by atoms with Crippen molar-refractivity contribution in [1.82, 2.24) is 15.5 Å². The largest absolute Gasteiger partial charge is 0.485 e. The second-order valence-electron chi connectivity index (χ2n) is 5.90. The number of para-hydroxylation sites is 3. The molecule has 0 aliphatic rings. The topological polar surface area (TPSA) is 132 Å². The Balaban J connectivity index is 0.000000232. The summed E-state index contributed by atoms with van der Waals surface area (Å²) in [6, 6.07) is 13.6. The Kier molecular flexibility index (Phi) is 8.30. The molecule has 30 heavy (non-hydrogen) atoms. The van der Waals surface area contributed by atoms with Crippen LogP contribution in [0.15, 0.2) is 53.1 Å². The zero-order chi connectivity index (χ0) is 21.9. The Morgan fingerprint density at radius 1 is 1.20 bits per heavy atom. The van der Waals surface area contributed by atoms with E-state index in [4.69, 9.17) is 9.26 Å². The molecule has 0 atom stereocenters. The highest BCUT2D eigenvalue weighted by atomic mass is 16.6. The van der Waals surface area contributed by atoms with Crippen LogP contribution in [0.2, 0.25) is 0 Å². The molecule has 0 radical (unpaired) electrons. The molecule has 0 unspecified atom stereocenters. The van der Waals surface area contributed by atoms with Crippen molar-refractivity contribution in [3.63, 3.8) is 0 Å². The average molecular weight is 413 g/mol. The van der Waals surface area contributed by atoms with E-state index >= 15 is 0 Å². The van der Waals surface area contributed by atoms with E-state index in [1.807, 2.05) is 6.92 Å². The summed E-state index contributed by atoms with van der Waals surface area (Å²) in [5.74, 6) is 1.21. The van der Waals surface area contributed by atoms with Crippen LogP contribution in [-0.4, -0.2) is 34.6 Å². The lowest BCUT2D eigenvalue weighted by atomic mass is 10.2. The van der Waals surface area contributed by atoms with Crippen molar-refractivity contribution < 1.29 is 19.0 Å². The standard InChI is InChI=1S/C12H13N3O3.C8H10N2O2/c1-8-14-11(15-18-8)7-17-10-6-4-3-5-9(10)12(16)13-2;1-2-9-7-5-3-4-6-8(7)10(11)12/h3-6H,7H2,1-2H3,(H,13,16);3-6,9H,2H2,1H3. The number of nitro benzene ring substituents is 1. The highest BCUT2D eigenvalue weighted by Crippen LogP contribution is 2.22. The second kappa shape index (κ2) is 11.1. The van der Waals surface area contributed by atoms with Crippen molar-refractivity contribution >= 4 is 17.3 Å². The number of carbonyl (C=O) groups is 1. The molecule has 10 nitrogen and oxygen atoms in total. The van der Waals surface area contributed by atoms with E-state index in [-0.39, 0.29) is 18.2 Å². The molecule has 1 amide bonds. The molecule has 158 valence electrons. The van der Waals surface area contributed by atoms with Crippen molar-refractivity contribution in [2.24, 2.45) is 0 Å². The maximum Gasteiger partial charge on any atom is 0.292 e. The van der Waals surface area contributed by atoms with Crippen LogP contribution in [-0.2, 0) is 6.61 Å². The molecule has 3 aromatic rings. The number of rotatable bonds is 7. The van der Waals surface area contributed by atoms with Crippen molar-refractivity contribution in [3.05, 3.63) is 75.9 Å². The Hall–Kier alpha value is -3.95. The van der Waals surface area contributed by atoms with Gasteiger partial charge >= 0.3 is 0 Å². The molecule has 2 N–H and O–H groups in total. The summed E-state index contributed by atoms with van der Waals surface area (Å²) in [7, 11) is 1.57. The van der Waals surface area contributed by atoms with Crippen LogP contribution in [0.4, 0.5) is 11.4 Å². The van der Waals surface area contributed by atoms with E-state index in [0.717, 1.165) is 0 Å². The van der Waals surface area contributed by atoms with Crippen LogP contribution in [0.3, 0.4) is 0 Å². The van der Waals surface area contributed by atoms with Gasteiger partial charge in [-0.3, -0.25) is 14.9 Å². The molecule has 2 aromatic carbocycles. The fraction of sp³-hybridized carbons (Fsp3) is 0.250. The third-order valence-corrected chi connectivity index (χ3v) is 3.75. The molecular weight excluding hydrogens is 390 g/mol. The van der Waals surface area contributed by atoms with Crippen molar-refractivity contribution in [2.75, 3.05) is 18.9 Å². The van der Waals surface area contributed by atoms with Crippen LogP contribution in [0.25, 0.3) is 0 Å². The molecular formula is C20H23N5O5. The highest BCUT2D eigenvalue weighted by molar-refractivity contribution is 5.96. The van der Waals surface area contributed by atoms with Gasteiger partial charge in [0.25, 0.3) is 11.6 Å². The number of nitrogens with zero attached hydrogens (tertiary/aromatic N) is 3. The lowest BCUT2D eigenvalue weighted by Gasteiger charge is -2.08.